The molecule has 0 bridgehead atoms. The van der Waals surface area contributed by atoms with Crippen LogP contribution in [0.5, 0.6) is 0 Å². The summed E-state index contributed by atoms with van der Waals surface area (Å²) in [6.45, 7) is 4.04. The van der Waals surface area contributed by atoms with Gasteiger partial charge >= 0.3 is 0 Å². The summed E-state index contributed by atoms with van der Waals surface area (Å²) in [5.41, 5.74) is 2.82. The number of benzene rings is 2. The van der Waals surface area contributed by atoms with Gasteiger partial charge in [0.05, 0.1) is 4.92 Å². The van der Waals surface area contributed by atoms with E-state index in [9.17, 15) is 10.1 Å². The maximum Gasteiger partial charge on any atom is 0.292 e. The van der Waals surface area contributed by atoms with Gasteiger partial charge in [-0.2, -0.15) is 0 Å². The van der Waals surface area contributed by atoms with Gasteiger partial charge in [-0.15, -0.1) is 0 Å². The van der Waals surface area contributed by atoms with Crippen LogP contribution in [0.1, 0.15) is 37.8 Å². The molecule has 1 atom stereocenters. The largest absolute Gasteiger partial charge is 0.373 e. The third kappa shape index (κ3) is 4.31. The molecule has 0 saturated carbocycles. The Balaban J connectivity index is 1.86. The predicted octanol–water partition coefficient (Wildman–Crippen LogP) is 5.52. The van der Waals surface area contributed by atoms with Gasteiger partial charge in [-0.3, -0.25) is 10.1 Å². The maximum absolute atomic E-state index is 11.4. The van der Waals surface area contributed by atoms with Gasteiger partial charge in [0.25, 0.3) is 5.69 Å². The minimum Gasteiger partial charge on any atom is -0.373 e. The lowest BCUT2D eigenvalue weighted by atomic mass is 10.1. The minimum absolute atomic E-state index is 0.0246. The number of hydrogen-bond donors (Lipinski definition) is 1. The Labute approximate surface area is 156 Å². The van der Waals surface area contributed by atoms with Crippen molar-refractivity contribution >= 4 is 33.0 Å². The fourth-order valence-electron chi connectivity index (χ4n) is 3.22. The van der Waals surface area contributed by atoms with E-state index in [0.717, 1.165) is 28.8 Å². The van der Waals surface area contributed by atoms with Crippen LogP contribution >= 0.6 is 15.9 Å². The second-order valence-electron chi connectivity index (χ2n) is 6.42. The standard InChI is InChI=1S/C19H22BrN3O2/c1-14(15-5-7-16(20)8-6-15)21-18-13-17(9-10-19(18)23(24)25)22-11-3-2-4-12-22/h5-10,13-14,21H,2-4,11-12H2,1H3. The molecule has 5 nitrogen and oxygen atoms in total. The molecule has 6 heteroatoms. The van der Waals surface area contributed by atoms with E-state index >= 15 is 0 Å². The Morgan fingerprint density at radius 1 is 1.12 bits per heavy atom. The Kier molecular flexibility index (Phi) is 5.58. The molecule has 0 aliphatic carbocycles. The van der Waals surface area contributed by atoms with Crippen LogP contribution in [0.25, 0.3) is 0 Å². The minimum atomic E-state index is -0.323. The first kappa shape index (κ1) is 17.7. The molecule has 1 saturated heterocycles. The Morgan fingerprint density at radius 2 is 1.80 bits per heavy atom. The molecular formula is C19H22BrN3O2. The molecule has 0 radical (unpaired) electrons. The maximum atomic E-state index is 11.4. The van der Waals surface area contributed by atoms with Crippen molar-refractivity contribution in [2.24, 2.45) is 0 Å². The second kappa shape index (κ2) is 7.87. The van der Waals surface area contributed by atoms with Crippen LogP contribution in [0, 0.1) is 10.1 Å². The highest BCUT2D eigenvalue weighted by Crippen LogP contribution is 2.33. The van der Waals surface area contributed by atoms with Crippen molar-refractivity contribution in [2.75, 3.05) is 23.3 Å². The van der Waals surface area contributed by atoms with Crippen molar-refractivity contribution in [3.8, 4) is 0 Å². The monoisotopic (exact) mass is 403 g/mol. The van der Waals surface area contributed by atoms with Crippen LogP contribution in [-0.4, -0.2) is 18.0 Å². The summed E-state index contributed by atoms with van der Waals surface area (Å²) in [5.74, 6) is 0. The van der Waals surface area contributed by atoms with Crippen molar-refractivity contribution in [3.63, 3.8) is 0 Å². The quantitative estimate of drug-likeness (QED) is 0.527. The van der Waals surface area contributed by atoms with Crippen molar-refractivity contribution in [1.29, 1.82) is 0 Å². The van der Waals surface area contributed by atoms with Crippen LogP contribution in [0.2, 0.25) is 0 Å². The van der Waals surface area contributed by atoms with E-state index in [2.05, 4.69) is 26.1 Å². The first-order valence-electron chi connectivity index (χ1n) is 8.60. The lowest BCUT2D eigenvalue weighted by Crippen LogP contribution is -2.29. The van der Waals surface area contributed by atoms with Crippen molar-refractivity contribution in [3.05, 3.63) is 62.6 Å². The first-order valence-corrected chi connectivity index (χ1v) is 9.39. The number of nitro groups is 1. The van der Waals surface area contributed by atoms with E-state index in [1.54, 1.807) is 6.07 Å². The molecule has 1 heterocycles. The third-order valence-corrected chi connectivity index (χ3v) is 5.17. The summed E-state index contributed by atoms with van der Waals surface area (Å²) in [5, 5.41) is 14.7. The van der Waals surface area contributed by atoms with Crippen molar-refractivity contribution < 1.29 is 4.92 Å². The lowest BCUT2D eigenvalue weighted by Gasteiger charge is -2.29. The number of hydrogen-bond acceptors (Lipinski definition) is 4. The van der Waals surface area contributed by atoms with Crippen LogP contribution < -0.4 is 10.2 Å². The zero-order chi connectivity index (χ0) is 17.8. The Hall–Kier alpha value is -2.08. The molecule has 0 spiro atoms. The first-order chi connectivity index (χ1) is 12.0. The summed E-state index contributed by atoms with van der Waals surface area (Å²) in [6.07, 6.45) is 3.61. The van der Waals surface area contributed by atoms with Crippen molar-refractivity contribution in [1.82, 2.24) is 0 Å². The van der Waals surface area contributed by atoms with Gasteiger partial charge in [0.1, 0.15) is 5.69 Å². The average Bonchev–Trinajstić information content (AvgIpc) is 2.62. The van der Waals surface area contributed by atoms with Crippen LogP contribution in [0.15, 0.2) is 46.9 Å². The van der Waals surface area contributed by atoms with Gasteiger partial charge in [0.2, 0.25) is 0 Å². The SMILES string of the molecule is CC(Nc1cc(N2CCCCC2)ccc1[N+](=O)[O-])c1ccc(Br)cc1. The molecule has 2 aromatic carbocycles. The highest BCUT2D eigenvalue weighted by molar-refractivity contribution is 9.10. The van der Waals surface area contributed by atoms with Crippen LogP contribution in [0.3, 0.4) is 0 Å². The van der Waals surface area contributed by atoms with Crippen LogP contribution in [0.4, 0.5) is 17.1 Å². The predicted molar refractivity (Wildman–Crippen MR) is 105 cm³/mol. The molecule has 2 aromatic rings. The Bertz CT molecular complexity index is 743. The summed E-state index contributed by atoms with van der Waals surface area (Å²) in [7, 11) is 0. The lowest BCUT2D eigenvalue weighted by molar-refractivity contribution is -0.384. The molecule has 0 amide bonds. The number of nitrogens with one attached hydrogen (secondary N) is 1. The van der Waals surface area contributed by atoms with E-state index < -0.39 is 0 Å². The molecule has 25 heavy (non-hydrogen) atoms. The number of piperidine rings is 1. The zero-order valence-corrected chi connectivity index (χ0v) is 15.8. The normalized spacial score (nSPS) is 15.7. The molecule has 1 aliphatic rings. The number of anilines is 2. The van der Waals surface area contributed by atoms with E-state index in [1.165, 1.54) is 19.3 Å². The summed E-state index contributed by atoms with van der Waals surface area (Å²) >= 11 is 3.43. The summed E-state index contributed by atoms with van der Waals surface area (Å²) in [6, 6.07) is 13.4. The van der Waals surface area contributed by atoms with Crippen LogP contribution in [-0.2, 0) is 0 Å². The molecule has 3 rings (SSSR count). The van der Waals surface area contributed by atoms with Gasteiger partial charge in [-0.05, 0) is 56.0 Å². The third-order valence-electron chi connectivity index (χ3n) is 4.64. The van der Waals surface area contributed by atoms with E-state index in [1.807, 2.05) is 43.3 Å². The number of rotatable bonds is 5. The highest BCUT2D eigenvalue weighted by Gasteiger charge is 2.19. The number of nitrogens with zero attached hydrogens (tertiary/aromatic N) is 2. The molecule has 1 unspecified atom stereocenters. The molecule has 1 aliphatic heterocycles. The molecular weight excluding hydrogens is 382 g/mol. The molecule has 1 fully saturated rings. The number of nitro benzene ring substituents is 1. The van der Waals surface area contributed by atoms with E-state index in [4.69, 9.17) is 0 Å². The fourth-order valence-corrected chi connectivity index (χ4v) is 3.48. The molecule has 1 N–H and O–H groups in total. The van der Waals surface area contributed by atoms with Gasteiger partial charge in [-0.1, -0.05) is 28.1 Å². The van der Waals surface area contributed by atoms with Gasteiger partial charge < -0.3 is 10.2 Å². The fraction of sp³-hybridized carbons (Fsp3) is 0.368. The Morgan fingerprint density at radius 3 is 2.44 bits per heavy atom. The van der Waals surface area contributed by atoms with Crippen molar-refractivity contribution in [2.45, 2.75) is 32.2 Å². The molecule has 0 aromatic heterocycles. The second-order valence-corrected chi connectivity index (χ2v) is 7.34. The molecule has 132 valence electrons. The van der Waals surface area contributed by atoms with E-state index in [0.29, 0.717) is 5.69 Å². The van der Waals surface area contributed by atoms with Gasteiger partial charge in [0, 0.05) is 35.4 Å². The highest BCUT2D eigenvalue weighted by atomic mass is 79.9. The average molecular weight is 404 g/mol. The zero-order valence-electron chi connectivity index (χ0n) is 14.2. The number of halogens is 1. The van der Waals surface area contributed by atoms with Gasteiger partial charge in [-0.25, -0.2) is 0 Å². The topological polar surface area (TPSA) is 58.4 Å². The summed E-state index contributed by atoms with van der Waals surface area (Å²) in [4.78, 5) is 13.4. The smallest absolute Gasteiger partial charge is 0.292 e. The summed E-state index contributed by atoms with van der Waals surface area (Å²) < 4.78 is 1.02. The van der Waals surface area contributed by atoms with E-state index in [-0.39, 0.29) is 16.7 Å². The van der Waals surface area contributed by atoms with Gasteiger partial charge in [0.15, 0.2) is 0 Å².